The highest BCUT2D eigenvalue weighted by molar-refractivity contribution is 6.30. The second-order valence-electron chi connectivity index (χ2n) is 6.32. The van der Waals surface area contributed by atoms with Gasteiger partial charge in [-0.3, -0.25) is 14.4 Å². The number of benzene rings is 1. The van der Waals surface area contributed by atoms with Gasteiger partial charge in [0.15, 0.2) is 6.61 Å². The lowest BCUT2D eigenvalue weighted by Crippen LogP contribution is -2.43. The zero-order valence-corrected chi connectivity index (χ0v) is 15.8. The van der Waals surface area contributed by atoms with Crippen molar-refractivity contribution in [3.8, 4) is 0 Å². The summed E-state index contributed by atoms with van der Waals surface area (Å²) in [5, 5.41) is 2.99. The van der Waals surface area contributed by atoms with Crippen LogP contribution in [-0.4, -0.2) is 48.4 Å². The van der Waals surface area contributed by atoms with Gasteiger partial charge in [0.25, 0.3) is 11.8 Å². The molecule has 0 heterocycles. The number of rotatable bonds is 7. The Morgan fingerprint density at radius 2 is 1.81 bits per heavy atom. The fraction of sp³-hybridized carbons (Fsp3) is 0.526. The van der Waals surface area contributed by atoms with Crippen molar-refractivity contribution in [3.63, 3.8) is 0 Å². The molecule has 0 atom stereocenters. The highest BCUT2D eigenvalue weighted by Crippen LogP contribution is 2.22. The van der Waals surface area contributed by atoms with Crippen molar-refractivity contribution in [2.75, 3.05) is 19.7 Å². The molecule has 0 spiro atoms. The lowest BCUT2D eigenvalue weighted by atomic mass is 9.94. The number of nitrogens with zero attached hydrogens (tertiary/aromatic N) is 1. The molecule has 2 amide bonds. The van der Waals surface area contributed by atoms with E-state index in [0.717, 1.165) is 25.7 Å². The molecule has 1 aliphatic rings. The maximum absolute atomic E-state index is 12.3. The first-order chi connectivity index (χ1) is 12.5. The number of halogens is 1. The predicted octanol–water partition coefficient (Wildman–Crippen LogP) is 2.79. The first kappa shape index (κ1) is 20.2. The SMILES string of the molecule is CCN(C(=O)COC(=O)CNC(=O)c1ccc(Cl)cc1)C1CCCCC1. The summed E-state index contributed by atoms with van der Waals surface area (Å²) in [5.74, 6) is -1.22. The van der Waals surface area contributed by atoms with Crippen molar-refractivity contribution in [2.24, 2.45) is 0 Å². The molecule has 0 radical (unpaired) electrons. The van der Waals surface area contributed by atoms with Crippen molar-refractivity contribution in [3.05, 3.63) is 34.9 Å². The molecule has 0 aliphatic heterocycles. The largest absolute Gasteiger partial charge is 0.454 e. The predicted molar refractivity (Wildman–Crippen MR) is 99.0 cm³/mol. The number of nitrogens with one attached hydrogen (secondary N) is 1. The summed E-state index contributed by atoms with van der Waals surface area (Å²) in [6.45, 7) is 1.96. The minimum atomic E-state index is -0.639. The highest BCUT2D eigenvalue weighted by atomic mass is 35.5. The van der Waals surface area contributed by atoms with E-state index in [1.54, 1.807) is 29.2 Å². The molecule has 1 fully saturated rings. The van der Waals surface area contributed by atoms with Crippen molar-refractivity contribution in [1.29, 1.82) is 0 Å². The fourth-order valence-electron chi connectivity index (χ4n) is 3.16. The van der Waals surface area contributed by atoms with Crippen molar-refractivity contribution < 1.29 is 19.1 Å². The van der Waals surface area contributed by atoms with E-state index in [1.807, 2.05) is 6.92 Å². The Bertz CT molecular complexity index is 627. The molecule has 0 unspecified atom stereocenters. The molecule has 1 saturated carbocycles. The summed E-state index contributed by atoms with van der Waals surface area (Å²) in [6.07, 6.45) is 5.48. The Kier molecular flexibility index (Phi) is 7.91. The molecule has 1 aromatic carbocycles. The smallest absolute Gasteiger partial charge is 0.325 e. The third kappa shape index (κ3) is 6.02. The number of likely N-dealkylation sites (N-methyl/N-ethyl adjacent to an activating group) is 1. The van der Waals surface area contributed by atoms with E-state index in [4.69, 9.17) is 16.3 Å². The molecule has 0 saturated heterocycles. The number of hydrogen-bond acceptors (Lipinski definition) is 4. The molecule has 2 rings (SSSR count). The summed E-state index contributed by atoms with van der Waals surface area (Å²) >= 11 is 5.77. The van der Waals surface area contributed by atoms with Crippen LogP contribution in [0.1, 0.15) is 49.4 Å². The molecule has 26 heavy (non-hydrogen) atoms. The van der Waals surface area contributed by atoms with Gasteiger partial charge in [-0.1, -0.05) is 30.9 Å². The molecule has 6 nitrogen and oxygen atoms in total. The van der Waals surface area contributed by atoms with E-state index in [0.29, 0.717) is 17.1 Å². The van der Waals surface area contributed by atoms with Crippen LogP contribution in [0.4, 0.5) is 0 Å². The standard InChI is InChI=1S/C19H25ClN2O4/c1-2-22(16-6-4-3-5-7-16)17(23)13-26-18(24)12-21-19(25)14-8-10-15(20)11-9-14/h8-11,16H,2-7,12-13H2,1H3,(H,21,25). The lowest BCUT2D eigenvalue weighted by molar-refractivity contribution is -0.152. The Morgan fingerprint density at radius 3 is 2.42 bits per heavy atom. The van der Waals surface area contributed by atoms with Gasteiger partial charge in [0.1, 0.15) is 6.54 Å². The fourth-order valence-corrected chi connectivity index (χ4v) is 3.29. The molecule has 142 valence electrons. The minimum Gasteiger partial charge on any atom is -0.454 e. The van der Waals surface area contributed by atoms with Crippen LogP contribution in [0.25, 0.3) is 0 Å². The summed E-state index contributed by atoms with van der Waals surface area (Å²) < 4.78 is 5.02. The quantitative estimate of drug-likeness (QED) is 0.738. The molecule has 1 N–H and O–H groups in total. The van der Waals surface area contributed by atoms with E-state index in [1.165, 1.54) is 6.42 Å². The van der Waals surface area contributed by atoms with Crippen LogP contribution in [0, 0.1) is 0 Å². The van der Waals surface area contributed by atoms with Crippen molar-refractivity contribution >= 4 is 29.4 Å². The maximum atomic E-state index is 12.3. The van der Waals surface area contributed by atoms with Gasteiger partial charge in [-0.05, 0) is 44.0 Å². The van der Waals surface area contributed by atoms with Crippen LogP contribution in [-0.2, 0) is 14.3 Å². The van der Waals surface area contributed by atoms with Crippen LogP contribution in [0.3, 0.4) is 0 Å². The van der Waals surface area contributed by atoms with Gasteiger partial charge in [0.2, 0.25) is 0 Å². The van der Waals surface area contributed by atoms with Gasteiger partial charge in [-0.25, -0.2) is 0 Å². The van der Waals surface area contributed by atoms with Gasteiger partial charge in [-0.15, -0.1) is 0 Å². The number of hydrogen-bond donors (Lipinski definition) is 1. The van der Waals surface area contributed by atoms with E-state index >= 15 is 0 Å². The third-order valence-corrected chi connectivity index (χ3v) is 4.78. The lowest BCUT2D eigenvalue weighted by Gasteiger charge is -2.33. The van der Waals surface area contributed by atoms with E-state index in [2.05, 4.69) is 5.32 Å². The monoisotopic (exact) mass is 380 g/mol. The first-order valence-electron chi connectivity index (χ1n) is 9.00. The summed E-state index contributed by atoms with van der Waals surface area (Å²) in [4.78, 5) is 37.8. The van der Waals surface area contributed by atoms with Crippen LogP contribution < -0.4 is 5.32 Å². The highest BCUT2D eigenvalue weighted by Gasteiger charge is 2.24. The average Bonchev–Trinajstić information content (AvgIpc) is 2.66. The van der Waals surface area contributed by atoms with Crippen LogP contribution in [0.15, 0.2) is 24.3 Å². The van der Waals surface area contributed by atoms with Crippen LogP contribution in [0.5, 0.6) is 0 Å². The number of carbonyl (C=O) groups is 3. The Hall–Kier alpha value is -2.08. The van der Waals surface area contributed by atoms with Gasteiger partial charge < -0.3 is 15.0 Å². The molecule has 0 aromatic heterocycles. The maximum Gasteiger partial charge on any atom is 0.325 e. The third-order valence-electron chi connectivity index (χ3n) is 4.53. The molecule has 1 aromatic rings. The second kappa shape index (κ2) is 10.2. The molecule has 0 bridgehead atoms. The first-order valence-corrected chi connectivity index (χ1v) is 9.38. The number of esters is 1. The Balaban J connectivity index is 1.74. The average molecular weight is 381 g/mol. The van der Waals surface area contributed by atoms with Gasteiger partial charge >= 0.3 is 5.97 Å². The van der Waals surface area contributed by atoms with Crippen molar-refractivity contribution in [1.82, 2.24) is 10.2 Å². The summed E-state index contributed by atoms with van der Waals surface area (Å²) in [7, 11) is 0. The summed E-state index contributed by atoms with van der Waals surface area (Å²) in [6, 6.07) is 6.56. The summed E-state index contributed by atoms with van der Waals surface area (Å²) in [5.41, 5.74) is 0.396. The number of carbonyl (C=O) groups excluding carboxylic acids is 3. The number of ether oxygens (including phenoxy) is 1. The van der Waals surface area contributed by atoms with E-state index in [9.17, 15) is 14.4 Å². The van der Waals surface area contributed by atoms with E-state index < -0.39 is 11.9 Å². The van der Waals surface area contributed by atoms with Crippen LogP contribution in [0.2, 0.25) is 5.02 Å². The van der Waals surface area contributed by atoms with Crippen molar-refractivity contribution in [2.45, 2.75) is 45.1 Å². The van der Waals surface area contributed by atoms with E-state index in [-0.39, 0.29) is 25.1 Å². The van der Waals surface area contributed by atoms with Gasteiger partial charge in [0, 0.05) is 23.2 Å². The Labute approximate surface area is 158 Å². The normalized spacial score (nSPS) is 14.5. The van der Waals surface area contributed by atoms with Gasteiger partial charge in [-0.2, -0.15) is 0 Å². The zero-order chi connectivity index (χ0) is 18.9. The minimum absolute atomic E-state index is 0.184. The molecular formula is C19H25ClN2O4. The van der Waals surface area contributed by atoms with Gasteiger partial charge in [0.05, 0.1) is 0 Å². The molecular weight excluding hydrogens is 356 g/mol. The van der Waals surface area contributed by atoms with Crippen LogP contribution >= 0.6 is 11.6 Å². The molecule has 7 heteroatoms. The second-order valence-corrected chi connectivity index (χ2v) is 6.76. The topological polar surface area (TPSA) is 75.7 Å². The Morgan fingerprint density at radius 1 is 1.15 bits per heavy atom. The zero-order valence-electron chi connectivity index (χ0n) is 15.0. The molecule has 1 aliphatic carbocycles. The number of amides is 2.